The fourth-order valence-corrected chi connectivity index (χ4v) is 1.13. The molecule has 15 heavy (non-hydrogen) atoms. The molecule has 0 fully saturated rings. The average molecular weight is 228 g/mol. The zero-order valence-corrected chi connectivity index (χ0v) is 9.82. The number of anilines is 1. The van der Waals surface area contributed by atoms with Gasteiger partial charge in [-0.25, -0.2) is 0 Å². The quantitative estimate of drug-likeness (QED) is 0.663. The van der Waals surface area contributed by atoms with Crippen molar-refractivity contribution in [3.8, 4) is 5.75 Å². The van der Waals surface area contributed by atoms with E-state index in [2.05, 4.69) is 4.98 Å². The molecule has 0 amide bonds. The van der Waals surface area contributed by atoms with E-state index in [9.17, 15) is 0 Å². The van der Waals surface area contributed by atoms with Crippen molar-refractivity contribution in [2.24, 2.45) is 0 Å². The molecule has 4 nitrogen and oxygen atoms in total. The summed E-state index contributed by atoms with van der Waals surface area (Å²) in [5.74, 6) is 0.598. The molecule has 1 rings (SSSR count). The minimum atomic E-state index is 0. The third-order valence-electron chi connectivity index (χ3n) is 1.87. The summed E-state index contributed by atoms with van der Waals surface area (Å²) in [6, 6.07) is 5.44. The monoisotopic (exact) mass is 227 g/mol. The van der Waals surface area contributed by atoms with Crippen LogP contribution in [0.3, 0.4) is 0 Å². The van der Waals surface area contributed by atoms with Crippen LogP contribution >= 0.6 is 0 Å². The van der Waals surface area contributed by atoms with Crippen LogP contribution in [0.25, 0.3) is 4.98 Å². The molecule has 0 spiro atoms. The molecule has 82 valence electrons. The molecule has 0 aliphatic heterocycles. The van der Waals surface area contributed by atoms with Crippen LogP contribution in [-0.4, -0.2) is 20.7 Å². The molecule has 1 aromatic carbocycles. The van der Waals surface area contributed by atoms with Crippen molar-refractivity contribution in [3.05, 3.63) is 23.2 Å². The summed E-state index contributed by atoms with van der Waals surface area (Å²) >= 11 is 0. The summed E-state index contributed by atoms with van der Waals surface area (Å²) in [7, 11) is 3.89. The number of nitrogens with zero attached hydrogens (tertiary/aromatic N) is 3. The van der Waals surface area contributed by atoms with E-state index in [0.717, 1.165) is 5.69 Å². The zero-order valence-electron chi connectivity index (χ0n) is 9.07. The maximum Gasteiger partial charge on any atom is 0.426 e. The van der Waals surface area contributed by atoms with E-state index in [0.29, 0.717) is 18.0 Å². The van der Waals surface area contributed by atoms with Crippen LogP contribution < -0.4 is 22.0 Å². The third kappa shape index (κ3) is 3.30. The van der Waals surface area contributed by atoms with Crippen molar-refractivity contribution in [2.75, 3.05) is 25.6 Å². The smallest absolute Gasteiger partial charge is 0.426 e. The number of benzene rings is 1. The van der Waals surface area contributed by atoms with Gasteiger partial charge in [-0.3, -0.25) is 0 Å². The maximum absolute atomic E-state index is 8.71. The van der Waals surface area contributed by atoms with Gasteiger partial charge < -0.3 is 22.0 Å². The SMILES string of the molecule is CCOc1cc(N(C)C)ccc1[N+]#N.[Cl-]. The molecule has 0 bridgehead atoms. The van der Waals surface area contributed by atoms with Gasteiger partial charge in [-0.05, 0) is 13.0 Å². The highest BCUT2D eigenvalue weighted by atomic mass is 35.5. The second-order valence-corrected chi connectivity index (χ2v) is 3.08. The van der Waals surface area contributed by atoms with Crippen molar-refractivity contribution in [1.29, 1.82) is 5.39 Å². The second-order valence-electron chi connectivity index (χ2n) is 3.08. The predicted octanol–water partition coefficient (Wildman–Crippen LogP) is -0.360. The highest BCUT2D eigenvalue weighted by molar-refractivity contribution is 5.64. The molecule has 0 saturated heterocycles. The second kappa shape index (κ2) is 6.10. The molecule has 1 aromatic rings. The molecule has 0 aliphatic rings. The first-order valence-corrected chi connectivity index (χ1v) is 4.48. The summed E-state index contributed by atoms with van der Waals surface area (Å²) in [6.07, 6.45) is 0. The Kier molecular flexibility index (Phi) is 5.50. The van der Waals surface area contributed by atoms with Gasteiger partial charge in [0.15, 0.2) is 4.98 Å². The largest absolute Gasteiger partial charge is 1.00 e. The first kappa shape index (κ1) is 13.5. The van der Waals surface area contributed by atoms with Crippen LogP contribution in [0.4, 0.5) is 11.4 Å². The van der Waals surface area contributed by atoms with Gasteiger partial charge in [0, 0.05) is 31.9 Å². The third-order valence-corrected chi connectivity index (χ3v) is 1.87. The Morgan fingerprint density at radius 1 is 1.40 bits per heavy atom. The lowest BCUT2D eigenvalue weighted by atomic mass is 10.2. The van der Waals surface area contributed by atoms with E-state index in [-0.39, 0.29) is 12.4 Å². The summed E-state index contributed by atoms with van der Waals surface area (Å²) < 4.78 is 5.34. The fraction of sp³-hybridized carbons (Fsp3) is 0.400. The highest BCUT2D eigenvalue weighted by Crippen LogP contribution is 2.31. The lowest BCUT2D eigenvalue weighted by Crippen LogP contribution is -3.00. The van der Waals surface area contributed by atoms with Crippen LogP contribution in [0.5, 0.6) is 5.75 Å². The number of diazo groups is 1. The highest BCUT2D eigenvalue weighted by Gasteiger charge is 2.15. The number of hydrogen-bond donors (Lipinski definition) is 0. The minimum absolute atomic E-state index is 0. The van der Waals surface area contributed by atoms with E-state index in [1.165, 1.54) is 0 Å². The minimum Gasteiger partial charge on any atom is -1.00 e. The van der Waals surface area contributed by atoms with E-state index in [1.807, 2.05) is 38.1 Å². The van der Waals surface area contributed by atoms with Crippen molar-refractivity contribution < 1.29 is 17.1 Å². The van der Waals surface area contributed by atoms with Gasteiger partial charge in [-0.1, -0.05) is 0 Å². The Balaban J connectivity index is 0.00000196. The predicted molar refractivity (Wildman–Crippen MR) is 56.7 cm³/mol. The fourth-order valence-electron chi connectivity index (χ4n) is 1.13. The number of ether oxygens (including phenoxy) is 1. The van der Waals surface area contributed by atoms with Crippen LogP contribution in [0, 0.1) is 5.39 Å². The molecule has 5 heteroatoms. The Labute approximate surface area is 95.9 Å². The topological polar surface area (TPSA) is 40.6 Å². The van der Waals surface area contributed by atoms with Crippen molar-refractivity contribution in [3.63, 3.8) is 0 Å². The van der Waals surface area contributed by atoms with Crippen LogP contribution in [0.2, 0.25) is 0 Å². The van der Waals surface area contributed by atoms with Crippen molar-refractivity contribution in [1.82, 2.24) is 0 Å². The van der Waals surface area contributed by atoms with E-state index < -0.39 is 0 Å². The Hall–Kier alpha value is -1.47. The Morgan fingerprint density at radius 3 is 2.53 bits per heavy atom. The number of hydrogen-bond acceptors (Lipinski definition) is 3. The molecule has 0 unspecified atom stereocenters. The molecular weight excluding hydrogens is 214 g/mol. The molecule has 0 aliphatic carbocycles. The lowest BCUT2D eigenvalue weighted by molar-refractivity contribution is -0.00000374. The maximum atomic E-state index is 8.71. The first-order chi connectivity index (χ1) is 6.69. The normalized spacial score (nSPS) is 8.67. The summed E-state index contributed by atoms with van der Waals surface area (Å²) in [5.41, 5.74) is 1.47. The summed E-state index contributed by atoms with van der Waals surface area (Å²) in [5, 5.41) is 8.71. The van der Waals surface area contributed by atoms with Crippen LogP contribution in [0.1, 0.15) is 6.92 Å². The van der Waals surface area contributed by atoms with Crippen molar-refractivity contribution >= 4 is 11.4 Å². The molecule has 0 aromatic heterocycles. The zero-order chi connectivity index (χ0) is 10.6. The average Bonchev–Trinajstić information content (AvgIpc) is 2.18. The van der Waals surface area contributed by atoms with Gasteiger partial charge in [0.05, 0.1) is 6.61 Å². The van der Waals surface area contributed by atoms with Gasteiger partial charge in [0.25, 0.3) is 0 Å². The summed E-state index contributed by atoms with van der Waals surface area (Å²) in [6.45, 7) is 2.45. The van der Waals surface area contributed by atoms with E-state index in [4.69, 9.17) is 10.1 Å². The first-order valence-electron chi connectivity index (χ1n) is 4.48. The Bertz CT molecular complexity index is 360. The number of rotatable bonds is 3. The Morgan fingerprint density at radius 2 is 2.07 bits per heavy atom. The van der Waals surface area contributed by atoms with Crippen LogP contribution in [-0.2, 0) is 0 Å². The van der Waals surface area contributed by atoms with Gasteiger partial charge in [0.1, 0.15) is 0 Å². The molecule has 0 atom stereocenters. The van der Waals surface area contributed by atoms with Gasteiger partial charge >= 0.3 is 5.69 Å². The molecule has 0 radical (unpaired) electrons. The van der Waals surface area contributed by atoms with Gasteiger partial charge in [-0.2, -0.15) is 0 Å². The van der Waals surface area contributed by atoms with Crippen LogP contribution in [0.15, 0.2) is 18.2 Å². The van der Waals surface area contributed by atoms with Gasteiger partial charge in [-0.15, -0.1) is 0 Å². The molecular formula is C10H14ClN3O. The van der Waals surface area contributed by atoms with Crippen molar-refractivity contribution in [2.45, 2.75) is 6.92 Å². The molecule has 0 heterocycles. The molecule has 0 N–H and O–H groups in total. The number of halogens is 1. The van der Waals surface area contributed by atoms with E-state index in [1.54, 1.807) is 6.07 Å². The standard InChI is InChI=1S/C10H14N3O.ClH/c1-4-14-10-7-8(13(2)3)5-6-9(10)12-11;/h5-7H,4H2,1-3H3;1H/q+1;/p-1. The van der Waals surface area contributed by atoms with E-state index >= 15 is 0 Å². The van der Waals surface area contributed by atoms with Gasteiger partial charge in [0.2, 0.25) is 11.1 Å². The lowest BCUT2D eigenvalue weighted by Gasteiger charge is -2.12. The summed E-state index contributed by atoms with van der Waals surface area (Å²) in [4.78, 5) is 5.11. The molecule has 0 saturated carbocycles.